The summed E-state index contributed by atoms with van der Waals surface area (Å²) in [4.78, 5) is 27.0. The Kier molecular flexibility index (Phi) is 3.97. The predicted octanol–water partition coefficient (Wildman–Crippen LogP) is 0.345. The molecule has 2 aliphatic heterocycles. The molecule has 9 nitrogen and oxygen atoms in total. The monoisotopic (exact) mass is 308 g/mol. The molecule has 2 N–H and O–H groups in total. The van der Waals surface area contributed by atoms with Gasteiger partial charge in [0, 0.05) is 25.7 Å². The summed E-state index contributed by atoms with van der Waals surface area (Å²) in [5.74, 6) is 0.0804. The van der Waals surface area contributed by atoms with Gasteiger partial charge in [-0.2, -0.15) is 5.10 Å². The SMILES string of the molecule is Cc1[nH]nc(NCC(=O)N2CCN3CCCC3C2)c1[N+](=O)[O-]. The molecule has 3 heterocycles. The minimum atomic E-state index is -0.497. The number of aromatic amines is 1. The van der Waals surface area contributed by atoms with E-state index < -0.39 is 4.92 Å². The number of H-pyrrole nitrogens is 1. The molecular weight excluding hydrogens is 288 g/mol. The van der Waals surface area contributed by atoms with Crippen molar-refractivity contribution in [1.29, 1.82) is 0 Å². The number of nitrogens with zero attached hydrogens (tertiary/aromatic N) is 4. The standard InChI is InChI=1S/C13H20N6O3/c1-9-12(19(21)22)13(16-15-9)14-7-11(20)18-6-5-17-4-2-3-10(17)8-18/h10H,2-8H2,1H3,(H2,14,15,16). The summed E-state index contributed by atoms with van der Waals surface area (Å²) in [6.45, 7) is 5.12. The largest absolute Gasteiger partial charge is 0.354 e. The van der Waals surface area contributed by atoms with Gasteiger partial charge >= 0.3 is 5.69 Å². The van der Waals surface area contributed by atoms with Gasteiger partial charge in [0.25, 0.3) is 0 Å². The van der Waals surface area contributed by atoms with Crippen LogP contribution in [0.4, 0.5) is 11.5 Å². The van der Waals surface area contributed by atoms with E-state index in [0.29, 0.717) is 11.7 Å². The van der Waals surface area contributed by atoms with Gasteiger partial charge in [-0.3, -0.25) is 24.9 Å². The molecule has 22 heavy (non-hydrogen) atoms. The van der Waals surface area contributed by atoms with E-state index in [2.05, 4.69) is 20.4 Å². The Bertz CT molecular complexity index is 586. The molecule has 2 aliphatic rings. The van der Waals surface area contributed by atoms with Crippen LogP contribution in [0.15, 0.2) is 0 Å². The first kappa shape index (κ1) is 14.8. The highest BCUT2D eigenvalue weighted by Gasteiger charge is 2.32. The van der Waals surface area contributed by atoms with Gasteiger partial charge in [-0.1, -0.05) is 0 Å². The molecule has 1 aromatic heterocycles. The number of rotatable bonds is 4. The smallest absolute Gasteiger partial charge is 0.333 e. The van der Waals surface area contributed by atoms with Crippen molar-refractivity contribution in [3.05, 3.63) is 15.8 Å². The first-order valence-corrected chi connectivity index (χ1v) is 7.51. The van der Waals surface area contributed by atoms with Gasteiger partial charge in [0.05, 0.1) is 11.5 Å². The lowest BCUT2D eigenvalue weighted by Crippen LogP contribution is -2.53. The number of carbonyl (C=O) groups excluding carboxylic acids is 1. The summed E-state index contributed by atoms with van der Waals surface area (Å²) in [6.07, 6.45) is 2.34. The molecule has 0 aliphatic carbocycles. The van der Waals surface area contributed by atoms with Gasteiger partial charge in [-0.05, 0) is 26.3 Å². The molecule has 0 bridgehead atoms. The number of carbonyl (C=O) groups is 1. The fourth-order valence-electron chi connectivity index (χ4n) is 3.26. The third-order valence-corrected chi connectivity index (χ3v) is 4.44. The average Bonchev–Trinajstić information content (AvgIpc) is 3.09. The lowest BCUT2D eigenvalue weighted by Gasteiger charge is -2.37. The van der Waals surface area contributed by atoms with Gasteiger partial charge in [-0.15, -0.1) is 0 Å². The quantitative estimate of drug-likeness (QED) is 0.613. The lowest BCUT2D eigenvalue weighted by molar-refractivity contribution is -0.384. The maximum atomic E-state index is 12.3. The van der Waals surface area contributed by atoms with Crippen LogP contribution in [-0.4, -0.2) is 69.6 Å². The van der Waals surface area contributed by atoms with Crippen LogP contribution in [0.2, 0.25) is 0 Å². The van der Waals surface area contributed by atoms with Gasteiger partial charge in [0.1, 0.15) is 5.69 Å². The highest BCUT2D eigenvalue weighted by atomic mass is 16.6. The summed E-state index contributed by atoms with van der Waals surface area (Å²) in [5.41, 5.74) is 0.271. The molecule has 1 aromatic rings. The Labute approximate surface area is 127 Å². The Balaban J connectivity index is 1.57. The molecule has 3 rings (SSSR count). The van der Waals surface area contributed by atoms with E-state index >= 15 is 0 Å². The zero-order valence-electron chi connectivity index (χ0n) is 12.5. The normalized spacial score (nSPS) is 21.7. The molecule has 1 unspecified atom stereocenters. The fourth-order valence-corrected chi connectivity index (χ4v) is 3.26. The molecule has 0 saturated carbocycles. The Morgan fingerprint density at radius 1 is 1.50 bits per heavy atom. The third kappa shape index (κ3) is 2.76. The van der Waals surface area contributed by atoms with Gasteiger partial charge in [0.15, 0.2) is 0 Å². The number of aryl methyl sites for hydroxylation is 1. The van der Waals surface area contributed by atoms with Crippen LogP contribution in [-0.2, 0) is 4.79 Å². The zero-order chi connectivity index (χ0) is 15.7. The number of fused-ring (bicyclic) bond motifs is 1. The third-order valence-electron chi connectivity index (χ3n) is 4.44. The van der Waals surface area contributed by atoms with Crippen LogP contribution in [0.5, 0.6) is 0 Å². The van der Waals surface area contributed by atoms with Crippen LogP contribution < -0.4 is 5.32 Å². The van der Waals surface area contributed by atoms with Crippen LogP contribution in [0.3, 0.4) is 0 Å². The molecule has 9 heteroatoms. The van der Waals surface area contributed by atoms with Crippen molar-refractivity contribution in [2.24, 2.45) is 0 Å². The zero-order valence-corrected chi connectivity index (χ0v) is 12.5. The minimum absolute atomic E-state index is 0.0256. The highest BCUT2D eigenvalue weighted by Crippen LogP contribution is 2.25. The highest BCUT2D eigenvalue weighted by molar-refractivity contribution is 5.81. The number of hydrogen-bond donors (Lipinski definition) is 2. The topological polar surface area (TPSA) is 107 Å². The molecule has 1 atom stereocenters. The predicted molar refractivity (Wildman–Crippen MR) is 79.6 cm³/mol. The van der Waals surface area contributed by atoms with Crippen molar-refractivity contribution in [3.8, 4) is 0 Å². The second-order valence-corrected chi connectivity index (χ2v) is 5.83. The van der Waals surface area contributed by atoms with Crippen molar-refractivity contribution < 1.29 is 9.72 Å². The fraction of sp³-hybridized carbons (Fsp3) is 0.692. The van der Waals surface area contributed by atoms with E-state index in [1.807, 2.05) is 4.90 Å². The van der Waals surface area contributed by atoms with Crippen LogP contribution >= 0.6 is 0 Å². The Morgan fingerprint density at radius 2 is 2.32 bits per heavy atom. The second kappa shape index (κ2) is 5.91. The van der Waals surface area contributed by atoms with Crippen LogP contribution in [0.1, 0.15) is 18.5 Å². The number of anilines is 1. The molecule has 2 saturated heterocycles. The van der Waals surface area contributed by atoms with E-state index in [1.165, 1.54) is 6.42 Å². The summed E-state index contributed by atoms with van der Waals surface area (Å²) < 4.78 is 0. The maximum absolute atomic E-state index is 12.3. The van der Waals surface area contributed by atoms with E-state index in [4.69, 9.17) is 0 Å². The number of nitrogens with one attached hydrogen (secondary N) is 2. The molecule has 120 valence electrons. The van der Waals surface area contributed by atoms with E-state index in [9.17, 15) is 14.9 Å². The summed E-state index contributed by atoms with van der Waals surface area (Å²) >= 11 is 0. The molecule has 0 radical (unpaired) electrons. The van der Waals surface area contributed by atoms with Gasteiger partial charge < -0.3 is 10.2 Å². The molecular formula is C13H20N6O3. The van der Waals surface area contributed by atoms with Gasteiger partial charge in [0.2, 0.25) is 11.7 Å². The summed E-state index contributed by atoms with van der Waals surface area (Å²) in [6, 6.07) is 0.472. The second-order valence-electron chi connectivity index (χ2n) is 5.83. The summed E-state index contributed by atoms with van der Waals surface area (Å²) in [7, 11) is 0. The Morgan fingerprint density at radius 3 is 3.09 bits per heavy atom. The molecule has 2 fully saturated rings. The van der Waals surface area contributed by atoms with Crippen molar-refractivity contribution in [2.75, 3.05) is 38.0 Å². The number of hydrogen-bond acceptors (Lipinski definition) is 6. The van der Waals surface area contributed by atoms with Crippen LogP contribution in [0.25, 0.3) is 0 Å². The molecule has 1 amide bonds. The lowest BCUT2D eigenvalue weighted by atomic mass is 10.1. The first-order chi connectivity index (χ1) is 10.6. The maximum Gasteiger partial charge on any atom is 0.333 e. The van der Waals surface area contributed by atoms with Crippen molar-refractivity contribution in [3.63, 3.8) is 0 Å². The van der Waals surface area contributed by atoms with Crippen LogP contribution in [0, 0.1) is 17.0 Å². The van der Waals surface area contributed by atoms with Crippen molar-refractivity contribution in [1.82, 2.24) is 20.0 Å². The van der Waals surface area contributed by atoms with Crippen molar-refractivity contribution >= 4 is 17.4 Å². The summed E-state index contributed by atoms with van der Waals surface area (Å²) in [5, 5.41) is 20.2. The first-order valence-electron chi connectivity index (χ1n) is 7.51. The molecule has 0 aromatic carbocycles. The number of amides is 1. The number of nitro groups is 1. The van der Waals surface area contributed by atoms with E-state index in [0.717, 1.165) is 32.6 Å². The number of aromatic nitrogens is 2. The number of piperazine rings is 1. The average molecular weight is 308 g/mol. The van der Waals surface area contributed by atoms with E-state index in [-0.39, 0.29) is 24.0 Å². The minimum Gasteiger partial charge on any atom is -0.354 e. The van der Waals surface area contributed by atoms with E-state index in [1.54, 1.807) is 6.92 Å². The van der Waals surface area contributed by atoms with Crippen molar-refractivity contribution in [2.45, 2.75) is 25.8 Å². The Hall–Kier alpha value is -2.16. The van der Waals surface area contributed by atoms with Gasteiger partial charge in [-0.25, -0.2) is 0 Å². The molecule has 0 spiro atoms.